The first kappa shape index (κ1) is 11.7. The molecular formula is C14H17NO3. The summed E-state index contributed by atoms with van der Waals surface area (Å²) in [5, 5.41) is 0. The lowest BCUT2D eigenvalue weighted by Crippen LogP contribution is -2.40. The van der Waals surface area contributed by atoms with Crippen molar-refractivity contribution in [2.24, 2.45) is 5.92 Å². The first-order chi connectivity index (χ1) is 8.73. The zero-order valence-corrected chi connectivity index (χ0v) is 10.5. The summed E-state index contributed by atoms with van der Waals surface area (Å²) in [6, 6.07) is 10.3. The highest BCUT2D eigenvalue weighted by Gasteiger charge is 2.56. The summed E-state index contributed by atoms with van der Waals surface area (Å²) in [4.78, 5) is 14.0. The molecule has 1 aromatic rings. The Kier molecular flexibility index (Phi) is 2.84. The van der Waals surface area contributed by atoms with Crippen molar-refractivity contribution in [3.63, 3.8) is 0 Å². The van der Waals surface area contributed by atoms with Gasteiger partial charge in [-0.3, -0.25) is 9.69 Å². The number of esters is 1. The summed E-state index contributed by atoms with van der Waals surface area (Å²) >= 11 is 0. The van der Waals surface area contributed by atoms with Gasteiger partial charge in [0.05, 0.1) is 0 Å². The number of nitrogens with zero attached hydrogens (tertiary/aromatic N) is 1. The van der Waals surface area contributed by atoms with Gasteiger partial charge in [0.1, 0.15) is 18.1 Å². The average molecular weight is 247 g/mol. The van der Waals surface area contributed by atoms with Gasteiger partial charge in [-0.25, -0.2) is 0 Å². The molecule has 3 rings (SSSR count). The van der Waals surface area contributed by atoms with E-state index in [2.05, 4.69) is 17.0 Å². The van der Waals surface area contributed by atoms with Crippen molar-refractivity contribution in [2.75, 3.05) is 26.8 Å². The molecule has 96 valence electrons. The monoisotopic (exact) mass is 247 g/mol. The van der Waals surface area contributed by atoms with Crippen molar-refractivity contribution < 1.29 is 14.3 Å². The molecule has 4 nitrogen and oxygen atoms in total. The van der Waals surface area contributed by atoms with Crippen LogP contribution in [0.5, 0.6) is 0 Å². The van der Waals surface area contributed by atoms with Gasteiger partial charge < -0.3 is 9.47 Å². The maximum absolute atomic E-state index is 11.7. The van der Waals surface area contributed by atoms with Gasteiger partial charge in [-0.05, 0) is 5.56 Å². The maximum Gasteiger partial charge on any atom is 0.313 e. The lowest BCUT2D eigenvalue weighted by atomic mass is 9.94. The van der Waals surface area contributed by atoms with Crippen LogP contribution in [-0.4, -0.2) is 43.3 Å². The summed E-state index contributed by atoms with van der Waals surface area (Å²) in [7, 11) is 1.67. The van der Waals surface area contributed by atoms with E-state index in [9.17, 15) is 4.79 Å². The van der Waals surface area contributed by atoms with Gasteiger partial charge in [0.25, 0.3) is 0 Å². The molecule has 0 bridgehead atoms. The Morgan fingerprint density at radius 3 is 2.89 bits per heavy atom. The van der Waals surface area contributed by atoms with Gasteiger partial charge in [0, 0.05) is 26.7 Å². The number of likely N-dealkylation sites (tertiary alicyclic amines) is 1. The quantitative estimate of drug-likeness (QED) is 0.749. The third-order valence-corrected chi connectivity index (χ3v) is 3.97. The average Bonchev–Trinajstić information content (AvgIpc) is 2.89. The fraction of sp³-hybridized carbons (Fsp3) is 0.500. The van der Waals surface area contributed by atoms with Crippen LogP contribution in [-0.2, 0) is 20.8 Å². The third kappa shape index (κ3) is 1.82. The van der Waals surface area contributed by atoms with Crippen LogP contribution in [0, 0.1) is 5.92 Å². The zero-order chi connectivity index (χ0) is 12.6. The molecule has 2 fully saturated rings. The highest BCUT2D eigenvalue weighted by atomic mass is 16.6. The molecule has 2 aliphatic heterocycles. The van der Waals surface area contributed by atoms with Gasteiger partial charge in [-0.2, -0.15) is 0 Å². The minimum atomic E-state index is -0.425. The number of hydrogen-bond acceptors (Lipinski definition) is 4. The van der Waals surface area contributed by atoms with Crippen molar-refractivity contribution >= 4 is 5.97 Å². The van der Waals surface area contributed by atoms with Crippen molar-refractivity contribution in [3.8, 4) is 0 Å². The minimum absolute atomic E-state index is 0.118. The summed E-state index contributed by atoms with van der Waals surface area (Å²) in [6.45, 7) is 2.73. The van der Waals surface area contributed by atoms with Gasteiger partial charge >= 0.3 is 5.97 Å². The number of cyclic esters (lactones) is 1. The van der Waals surface area contributed by atoms with E-state index in [1.165, 1.54) is 5.56 Å². The molecule has 4 heteroatoms. The van der Waals surface area contributed by atoms with E-state index in [0.29, 0.717) is 6.61 Å². The summed E-state index contributed by atoms with van der Waals surface area (Å²) in [5.41, 5.74) is 0.836. The fourth-order valence-electron chi connectivity index (χ4n) is 2.94. The Balaban J connectivity index is 1.73. The summed E-state index contributed by atoms with van der Waals surface area (Å²) < 4.78 is 10.7. The SMILES string of the molecule is CO[C@]12COC(=O)[C@H]1CN(Cc1ccccc1)C2. The van der Waals surface area contributed by atoms with Crippen molar-refractivity contribution in [2.45, 2.75) is 12.1 Å². The molecule has 0 unspecified atom stereocenters. The Morgan fingerprint density at radius 1 is 1.44 bits per heavy atom. The Labute approximate surface area is 106 Å². The van der Waals surface area contributed by atoms with E-state index in [4.69, 9.17) is 9.47 Å². The Hall–Kier alpha value is -1.39. The highest BCUT2D eigenvalue weighted by molar-refractivity contribution is 5.77. The van der Waals surface area contributed by atoms with Gasteiger partial charge in [0.2, 0.25) is 0 Å². The van der Waals surface area contributed by atoms with Crippen LogP contribution in [0.15, 0.2) is 30.3 Å². The zero-order valence-electron chi connectivity index (χ0n) is 10.5. The van der Waals surface area contributed by atoms with E-state index < -0.39 is 5.60 Å². The molecule has 0 spiro atoms. The summed E-state index contributed by atoms with van der Waals surface area (Å²) in [5.74, 6) is -0.251. The summed E-state index contributed by atoms with van der Waals surface area (Å²) in [6.07, 6.45) is 0. The van der Waals surface area contributed by atoms with Crippen LogP contribution < -0.4 is 0 Å². The molecular weight excluding hydrogens is 230 g/mol. The van der Waals surface area contributed by atoms with Crippen LogP contribution in [0.3, 0.4) is 0 Å². The topological polar surface area (TPSA) is 38.8 Å². The first-order valence-corrected chi connectivity index (χ1v) is 6.21. The van der Waals surface area contributed by atoms with Crippen LogP contribution in [0.1, 0.15) is 5.56 Å². The molecule has 2 atom stereocenters. The minimum Gasteiger partial charge on any atom is -0.462 e. The number of rotatable bonds is 3. The van der Waals surface area contributed by atoms with Crippen LogP contribution in [0.4, 0.5) is 0 Å². The predicted octanol–water partition coefficient (Wildman–Crippen LogP) is 1.06. The van der Waals surface area contributed by atoms with Crippen LogP contribution in [0.2, 0.25) is 0 Å². The molecule has 18 heavy (non-hydrogen) atoms. The second kappa shape index (κ2) is 4.37. The molecule has 0 aliphatic carbocycles. The lowest BCUT2D eigenvalue weighted by Gasteiger charge is -2.24. The highest BCUT2D eigenvalue weighted by Crippen LogP contribution is 2.37. The molecule has 2 saturated heterocycles. The number of ether oxygens (including phenoxy) is 2. The molecule has 0 aromatic heterocycles. The normalized spacial score (nSPS) is 31.4. The first-order valence-electron chi connectivity index (χ1n) is 6.21. The van der Waals surface area contributed by atoms with Gasteiger partial charge in [-0.15, -0.1) is 0 Å². The van der Waals surface area contributed by atoms with E-state index in [0.717, 1.165) is 19.6 Å². The number of carbonyl (C=O) groups excluding carboxylic acids is 1. The maximum atomic E-state index is 11.7. The standard InChI is InChI=1S/C14H17NO3/c1-17-14-9-15(7-11-5-3-2-4-6-11)8-12(14)13(16)18-10-14/h2-6,12H,7-10H2,1H3/t12-,14-/m1/s1. The van der Waals surface area contributed by atoms with Gasteiger partial charge in [0.15, 0.2) is 0 Å². The molecule has 0 radical (unpaired) electrons. The smallest absolute Gasteiger partial charge is 0.313 e. The molecule has 0 saturated carbocycles. The van der Waals surface area contributed by atoms with E-state index >= 15 is 0 Å². The lowest BCUT2D eigenvalue weighted by molar-refractivity contribution is -0.141. The van der Waals surface area contributed by atoms with Crippen LogP contribution >= 0.6 is 0 Å². The number of hydrogen-bond donors (Lipinski definition) is 0. The Bertz CT molecular complexity index is 448. The van der Waals surface area contributed by atoms with E-state index in [-0.39, 0.29) is 11.9 Å². The third-order valence-electron chi connectivity index (χ3n) is 3.97. The molecule has 0 amide bonds. The number of benzene rings is 1. The number of methoxy groups -OCH3 is 1. The largest absolute Gasteiger partial charge is 0.462 e. The van der Waals surface area contributed by atoms with Gasteiger partial charge in [-0.1, -0.05) is 30.3 Å². The van der Waals surface area contributed by atoms with Crippen LogP contribution in [0.25, 0.3) is 0 Å². The number of carbonyl (C=O) groups is 1. The fourth-order valence-corrected chi connectivity index (χ4v) is 2.94. The second-order valence-electron chi connectivity index (χ2n) is 5.08. The van der Waals surface area contributed by atoms with Crippen molar-refractivity contribution in [1.29, 1.82) is 0 Å². The van der Waals surface area contributed by atoms with E-state index in [1.54, 1.807) is 7.11 Å². The Morgan fingerprint density at radius 2 is 2.22 bits per heavy atom. The number of fused-ring (bicyclic) bond motifs is 1. The predicted molar refractivity (Wildman–Crippen MR) is 65.9 cm³/mol. The molecule has 2 heterocycles. The molecule has 1 aromatic carbocycles. The molecule has 2 aliphatic rings. The second-order valence-corrected chi connectivity index (χ2v) is 5.08. The van der Waals surface area contributed by atoms with Crippen molar-refractivity contribution in [3.05, 3.63) is 35.9 Å². The van der Waals surface area contributed by atoms with E-state index in [1.807, 2.05) is 18.2 Å². The molecule has 0 N–H and O–H groups in total. The van der Waals surface area contributed by atoms with Crippen molar-refractivity contribution in [1.82, 2.24) is 4.90 Å².